The number of aromatic amines is 1. The van der Waals surface area contributed by atoms with Gasteiger partial charge in [-0.05, 0) is 50.0 Å². The van der Waals surface area contributed by atoms with Gasteiger partial charge in [-0.3, -0.25) is 13.9 Å². The first-order chi connectivity index (χ1) is 16.6. The van der Waals surface area contributed by atoms with Crippen molar-refractivity contribution in [3.05, 3.63) is 56.7 Å². The summed E-state index contributed by atoms with van der Waals surface area (Å²) in [7, 11) is 0. The van der Waals surface area contributed by atoms with Gasteiger partial charge < -0.3 is 4.98 Å². The molecule has 2 heterocycles. The molecule has 0 atom stereocenters. The summed E-state index contributed by atoms with van der Waals surface area (Å²) in [5.41, 5.74) is 2.59. The zero-order chi connectivity index (χ0) is 23.5. The van der Waals surface area contributed by atoms with E-state index in [1.165, 1.54) is 43.1 Å². The van der Waals surface area contributed by atoms with Gasteiger partial charge in [-0.2, -0.15) is 0 Å². The van der Waals surface area contributed by atoms with Gasteiger partial charge in [-0.1, -0.05) is 74.9 Å². The number of hydrogen-bond acceptors (Lipinski definition) is 3. The van der Waals surface area contributed by atoms with Crippen molar-refractivity contribution in [1.29, 1.82) is 0 Å². The Balaban J connectivity index is 1.59. The first-order valence-electron chi connectivity index (χ1n) is 13.1. The number of H-pyrrole nitrogens is 1. The Kier molecular flexibility index (Phi) is 6.84. The van der Waals surface area contributed by atoms with Crippen molar-refractivity contribution in [3.63, 3.8) is 0 Å². The quantitative estimate of drug-likeness (QED) is 0.509. The van der Waals surface area contributed by atoms with Crippen LogP contribution in [-0.2, 0) is 13.1 Å². The van der Waals surface area contributed by atoms with E-state index in [4.69, 9.17) is 4.98 Å². The Morgan fingerprint density at radius 2 is 1.47 bits per heavy atom. The molecule has 0 aliphatic heterocycles. The van der Waals surface area contributed by atoms with E-state index >= 15 is 0 Å². The van der Waals surface area contributed by atoms with Crippen LogP contribution in [0.4, 0.5) is 0 Å². The monoisotopic (exact) mass is 460 g/mol. The van der Waals surface area contributed by atoms with E-state index in [0.717, 1.165) is 36.8 Å². The summed E-state index contributed by atoms with van der Waals surface area (Å²) in [5, 5.41) is 0. The van der Waals surface area contributed by atoms with Crippen molar-refractivity contribution in [2.24, 2.45) is 11.8 Å². The highest BCUT2D eigenvalue weighted by Gasteiger charge is 2.24. The van der Waals surface area contributed by atoms with Crippen molar-refractivity contribution in [1.82, 2.24) is 19.1 Å². The first kappa shape index (κ1) is 22.9. The second kappa shape index (κ2) is 10.2. The van der Waals surface area contributed by atoms with Crippen LogP contribution in [0.1, 0.15) is 76.7 Å². The van der Waals surface area contributed by atoms with E-state index < -0.39 is 0 Å². The summed E-state index contributed by atoms with van der Waals surface area (Å²) < 4.78 is 3.29. The van der Waals surface area contributed by atoms with E-state index in [1.807, 2.05) is 43.3 Å². The normalized spacial score (nSPS) is 18.3. The van der Waals surface area contributed by atoms with Crippen molar-refractivity contribution in [3.8, 4) is 11.4 Å². The summed E-state index contributed by atoms with van der Waals surface area (Å²) in [4.78, 5) is 35.3. The van der Waals surface area contributed by atoms with Gasteiger partial charge in [0, 0.05) is 18.7 Å². The summed E-state index contributed by atoms with van der Waals surface area (Å²) >= 11 is 0. The lowest BCUT2D eigenvalue weighted by atomic mass is 9.89. The number of imidazole rings is 1. The number of rotatable bonds is 6. The Labute approximate surface area is 200 Å². The molecule has 6 heteroatoms. The summed E-state index contributed by atoms with van der Waals surface area (Å²) in [6.07, 6.45) is 15.9. The van der Waals surface area contributed by atoms with Gasteiger partial charge in [-0.15, -0.1) is 0 Å². The van der Waals surface area contributed by atoms with Gasteiger partial charge in [0.2, 0.25) is 0 Å². The molecular weight excluding hydrogens is 424 g/mol. The van der Waals surface area contributed by atoms with E-state index in [1.54, 1.807) is 4.57 Å². The highest BCUT2D eigenvalue weighted by Crippen LogP contribution is 2.27. The smallest absolute Gasteiger partial charge is 0.332 e. The molecule has 2 aromatic heterocycles. The first-order valence-corrected chi connectivity index (χ1v) is 13.1. The third-order valence-corrected chi connectivity index (χ3v) is 7.74. The third kappa shape index (κ3) is 4.68. The maximum Gasteiger partial charge on any atom is 0.332 e. The predicted octanol–water partition coefficient (Wildman–Crippen LogP) is 5.75. The summed E-state index contributed by atoms with van der Waals surface area (Å²) in [6, 6.07) is 8.10. The average molecular weight is 461 g/mol. The number of nitrogens with zero attached hydrogens (tertiary/aromatic N) is 3. The average Bonchev–Trinajstić information content (AvgIpc) is 3.32. The standard InChI is InChI=1S/C28H36N4O2/c1-2-9-20-14-16-23(17-15-20)25-29-24-26(30-25)31(18-21-10-5-3-6-11-21)28(34)32(27(24)33)19-22-12-7-4-8-13-22/h2,9,14-17,21-22H,3-8,10-13,18-19H2,1H3,(H,29,30)/b9-2+. The lowest BCUT2D eigenvalue weighted by molar-refractivity contribution is 0.296. The van der Waals surface area contributed by atoms with Gasteiger partial charge >= 0.3 is 5.69 Å². The van der Waals surface area contributed by atoms with Gasteiger partial charge in [0.1, 0.15) is 11.3 Å². The minimum absolute atomic E-state index is 0.185. The van der Waals surface area contributed by atoms with Gasteiger partial charge in [0.05, 0.1) is 0 Å². The Hall–Kier alpha value is -2.89. The number of benzene rings is 1. The predicted molar refractivity (Wildman–Crippen MR) is 138 cm³/mol. The highest BCUT2D eigenvalue weighted by atomic mass is 16.2. The fourth-order valence-corrected chi connectivity index (χ4v) is 5.83. The van der Waals surface area contributed by atoms with Crippen LogP contribution in [-0.4, -0.2) is 19.1 Å². The molecule has 2 saturated carbocycles. The number of nitrogens with one attached hydrogen (secondary N) is 1. The van der Waals surface area contributed by atoms with E-state index in [2.05, 4.69) is 4.98 Å². The molecule has 0 bridgehead atoms. The molecule has 0 radical (unpaired) electrons. The van der Waals surface area contributed by atoms with Crippen LogP contribution in [0.2, 0.25) is 0 Å². The van der Waals surface area contributed by atoms with Gasteiger partial charge in [-0.25, -0.2) is 9.78 Å². The molecule has 6 nitrogen and oxygen atoms in total. The minimum Gasteiger partial charge on any atom is -0.332 e. The topological polar surface area (TPSA) is 72.7 Å². The van der Waals surface area contributed by atoms with Crippen LogP contribution >= 0.6 is 0 Å². The van der Waals surface area contributed by atoms with Crippen LogP contribution in [0.25, 0.3) is 28.6 Å². The number of allylic oxidation sites excluding steroid dienone is 1. The lowest BCUT2D eigenvalue weighted by Crippen LogP contribution is -2.42. The zero-order valence-electron chi connectivity index (χ0n) is 20.3. The summed E-state index contributed by atoms with van der Waals surface area (Å²) in [6.45, 7) is 3.16. The molecule has 0 saturated heterocycles. The number of hydrogen-bond donors (Lipinski definition) is 1. The molecule has 2 aliphatic rings. The fraction of sp³-hybridized carbons (Fsp3) is 0.536. The number of aromatic nitrogens is 4. The van der Waals surface area contributed by atoms with Gasteiger partial charge in [0.25, 0.3) is 5.56 Å². The molecule has 180 valence electrons. The van der Waals surface area contributed by atoms with Crippen molar-refractivity contribution >= 4 is 17.2 Å². The molecule has 0 unspecified atom stereocenters. The highest BCUT2D eigenvalue weighted by molar-refractivity contribution is 5.75. The molecule has 1 N–H and O–H groups in total. The SMILES string of the molecule is C/C=C/c1ccc(-c2nc3c([nH]2)c(=O)n(CC2CCCCC2)c(=O)n3CC2CCCCC2)cc1. The van der Waals surface area contributed by atoms with E-state index in [9.17, 15) is 9.59 Å². The third-order valence-electron chi connectivity index (χ3n) is 7.74. The molecule has 0 amide bonds. The van der Waals surface area contributed by atoms with Crippen molar-refractivity contribution in [2.75, 3.05) is 0 Å². The second-order valence-electron chi connectivity index (χ2n) is 10.2. The molecule has 2 fully saturated rings. The Morgan fingerprint density at radius 3 is 2.06 bits per heavy atom. The molecule has 5 rings (SSSR count). The number of fused-ring (bicyclic) bond motifs is 1. The van der Waals surface area contributed by atoms with Crippen LogP contribution < -0.4 is 11.2 Å². The fourth-order valence-electron chi connectivity index (χ4n) is 5.83. The maximum absolute atomic E-state index is 13.7. The Bertz CT molecular complexity index is 1270. The molecule has 34 heavy (non-hydrogen) atoms. The van der Waals surface area contributed by atoms with Crippen molar-refractivity contribution in [2.45, 2.75) is 84.2 Å². The van der Waals surface area contributed by atoms with Crippen LogP contribution in [0.15, 0.2) is 39.9 Å². The van der Waals surface area contributed by atoms with Gasteiger partial charge in [0.15, 0.2) is 5.65 Å². The van der Waals surface area contributed by atoms with E-state index in [-0.39, 0.29) is 11.2 Å². The molecule has 3 aromatic rings. The lowest BCUT2D eigenvalue weighted by Gasteiger charge is -2.24. The van der Waals surface area contributed by atoms with Crippen LogP contribution in [0.5, 0.6) is 0 Å². The minimum atomic E-state index is -0.227. The largest absolute Gasteiger partial charge is 0.332 e. The van der Waals surface area contributed by atoms with Crippen molar-refractivity contribution < 1.29 is 0 Å². The maximum atomic E-state index is 13.7. The van der Waals surface area contributed by atoms with E-state index in [0.29, 0.717) is 41.9 Å². The van der Waals surface area contributed by atoms with Crippen LogP contribution in [0, 0.1) is 11.8 Å². The molecule has 0 spiro atoms. The Morgan fingerprint density at radius 1 is 0.882 bits per heavy atom. The molecular formula is C28H36N4O2. The van der Waals surface area contributed by atoms with Crippen LogP contribution in [0.3, 0.4) is 0 Å². The molecule has 1 aromatic carbocycles. The second-order valence-corrected chi connectivity index (χ2v) is 10.2. The molecule has 2 aliphatic carbocycles. The summed E-state index contributed by atoms with van der Waals surface area (Å²) in [5.74, 6) is 1.52. The zero-order valence-corrected chi connectivity index (χ0v) is 20.3.